The molecule has 2 aromatic carbocycles. The Balaban J connectivity index is 1.41. The molecule has 0 aliphatic carbocycles. The zero-order valence-electron chi connectivity index (χ0n) is 19.8. The first-order valence-corrected chi connectivity index (χ1v) is 12.5. The van der Waals surface area contributed by atoms with E-state index >= 15 is 0 Å². The summed E-state index contributed by atoms with van der Waals surface area (Å²) < 4.78 is 17.9. The van der Waals surface area contributed by atoms with Crippen LogP contribution in [0.1, 0.15) is 76.6 Å². The molecule has 0 unspecified atom stereocenters. The van der Waals surface area contributed by atoms with E-state index in [1.807, 2.05) is 6.08 Å². The lowest BCUT2D eigenvalue weighted by Crippen LogP contribution is -2.27. The molecule has 2 aromatic rings. The molecule has 3 nitrogen and oxygen atoms in total. The second-order valence-corrected chi connectivity index (χ2v) is 8.85. The van der Waals surface area contributed by atoms with Crippen molar-refractivity contribution < 1.29 is 14.2 Å². The zero-order chi connectivity index (χ0) is 22.4. The lowest BCUT2D eigenvalue weighted by atomic mass is 10.0. The van der Waals surface area contributed by atoms with Crippen molar-refractivity contribution in [3.63, 3.8) is 0 Å². The second kappa shape index (κ2) is 14.1. The largest absolute Gasteiger partial charge is 0.494 e. The van der Waals surface area contributed by atoms with Gasteiger partial charge in [-0.3, -0.25) is 0 Å². The van der Waals surface area contributed by atoms with E-state index in [1.54, 1.807) is 0 Å². The molecular weight excluding hydrogens is 396 g/mol. The normalized spacial score (nSPS) is 18.4. The SMILES string of the molecule is C=CCCCCCC1COC(c2ccc(-c3ccc(OCCCCCC)cc3)cc2)OC1. The molecule has 0 saturated carbocycles. The summed E-state index contributed by atoms with van der Waals surface area (Å²) in [6.45, 7) is 8.38. The Morgan fingerprint density at radius 3 is 2.16 bits per heavy atom. The van der Waals surface area contributed by atoms with Gasteiger partial charge < -0.3 is 14.2 Å². The predicted octanol–water partition coefficient (Wildman–Crippen LogP) is 8.11. The summed E-state index contributed by atoms with van der Waals surface area (Å²) >= 11 is 0. The van der Waals surface area contributed by atoms with Gasteiger partial charge in [0.15, 0.2) is 6.29 Å². The zero-order valence-corrected chi connectivity index (χ0v) is 19.8. The van der Waals surface area contributed by atoms with Gasteiger partial charge in [-0.05, 0) is 48.9 Å². The molecule has 0 radical (unpaired) electrons. The van der Waals surface area contributed by atoms with E-state index in [0.717, 1.165) is 44.0 Å². The molecule has 0 spiro atoms. The Morgan fingerprint density at radius 1 is 0.844 bits per heavy atom. The number of rotatable bonds is 14. The minimum absolute atomic E-state index is 0.246. The smallest absolute Gasteiger partial charge is 0.183 e. The van der Waals surface area contributed by atoms with Crippen molar-refractivity contribution in [2.75, 3.05) is 19.8 Å². The van der Waals surface area contributed by atoms with E-state index in [-0.39, 0.29) is 6.29 Å². The van der Waals surface area contributed by atoms with Crippen LogP contribution in [0.15, 0.2) is 61.2 Å². The summed E-state index contributed by atoms with van der Waals surface area (Å²) in [5.41, 5.74) is 3.47. The van der Waals surface area contributed by atoms with Crippen LogP contribution < -0.4 is 4.74 Å². The minimum atomic E-state index is -0.246. The van der Waals surface area contributed by atoms with Gasteiger partial charge in [-0.15, -0.1) is 6.58 Å². The van der Waals surface area contributed by atoms with Gasteiger partial charge in [-0.25, -0.2) is 0 Å². The molecule has 174 valence electrons. The summed E-state index contributed by atoms with van der Waals surface area (Å²) in [5.74, 6) is 1.46. The average molecular weight is 437 g/mol. The number of allylic oxidation sites excluding steroid dienone is 1. The van der Waals surface area contributed by atoms with Gasteiger partial charge in [0.1, 0.15) is 5.75 Å². The Labute approximate surface area is 194 Å². The third-order valence-electron chi connectivity index (χ3n) is 6.12. The van der Waals surface area contributed by atoms with Crippen molar-refractivity contribution in [1.29, 1.82) is 0 Å². The van der Waals surface area contributed by atoms with E-state index in [0.29, 0.717) is 5.92 Å². The van der Waals surface area contributed by atoms with Crippen LogP contribution in [-0.4, -0.2) is 19.8 Å². The van der Waals surface area contributed by atoms with Crippen LogP contribution in [0, 0.1) is 5.92 Å². The van der Waals surface area contributed by atoms with E-state index in [1.165, 1.54) is 56.1 Å². The fourth-order valence-electron chi connectivity index (χ4n) is 4.10. The predicted molar refractivity (Wildman–Crippen MR) is 133 cm³/mol. The molecule has 1 saturated heterocycles. The molecule has 1 aliphatic rings. The topological polar surface area (TPSA) is 27.7 Å². The summed E-state index contributed by atoms with van der Waals surface area (Å²) in [6, 6.07) is 16.9. The van der Waals surface area contributed by atoms with Gasteiger partial charge in [0.05, 0.1) is 19.8 Å². The Bertz CT molecular complexity index is 758. The Hall–Kier alpha value is -2.10. The number of benzene rings is 2. The maximum absolute atomic E-state index is 6.02. The van der Waals surface area contributed by atoms with Crippen molar-refractivity contribution in [3.05, 3.63) is 66.7 Å². The van der Waals surface area contributed by atoms with Gasteiger partial charge in [0.25, 0.3) is 0 Å². The molecule has 32 heavy (non-hydrogen) atoms. The lowest BCUT2D eigenvalue weighted by Gasteiger charge is -2.29. The van der Waals surface area contributed by atoms with Crippen LogP contribution in [0.3, 0.4) is 0 Å². The molecule has 1 heterocycles. The molecular formula is C29H40O3. The standard InChI is InChI=1S/C29H40O3/c1-3-5-7-9-10-12-24-22-31-29(32-23-24)27-15-13-25(14-16-27)26-17-19-28(20-18-26)30-21-11-8-6-4-2/h3,13-20,24,29H,1,4-12,21-23H2,2H3. The number of hydrogen-bond donors (Lipinski definition) is 0. The first kappa shape index (κ1) is 24.5. The van der Waals surface area contributed by atoms with Gasteiger partial charge in [0.2, 0.25) is 0 Å². The highest BCUT2D eigenvalue weighted by Crippen LogP contribution is 2.29. The van der Waals surface area contributed by atoms with Crippen LogP contribution in [0.25, 0.3) is 11.1 Å². The van der Waals surface area contributed by atoms with Crippen LogP contribution in [0.4, 0.5) is 0 Å². The Kier molecular flexibility index (Phi) is 10.8. The number of unbranched alkanes of at least 4 members (excludes halogenated alkanes) is 6. The van der Waals surface area contributed by atoms with Gasteiger partial charge in [-0.1, -0.05) is 81.5 Å². The highest BCUT2D eigenvalue weighted by atomic mass is 16.7. The summed E-state index contributed by atoms with van der Waals surface area (Å²) in [5, 5.41) is 0. The van der Waals surface area contributed by atoms with E-state index in [9.17, 15) is 0 Å². The molecule has 3 heteroatoms. The van der Waals surface area contributed by atoms with E-state index < -0.39 is 0 Å². The highest BCUT2D eigenvalue weighted by molar-refractivity contribution is 5.64. The fourth-order valence-corrected chi connectivity index (χ4v) is 4.10. The van der Waals surface area contributed by atoms with Crippen LogP contribution >= 0.6 is 0 Å². The first-order chi connectivity index (χ1) is 15.8. The summed E-state index contributed by atoms with van der Waals surface area (Å²) in [7, 11) is 0. The first-order valence-electron chi connectivity index (χ1n) is 12.5. The number of ether oxygens (including phenoxy) is 3. The van der Waals surface area contributed by atoms with Crippen molar-refractivity contribution >= 4 is 0 Å². The van der Waals surface area contributed by atoms with Crippen molar-refractivity contribution in [2.24, 2.45) is 5.92 Å². The average Bonchev–Trinajstić information content (AvgIpc) is 2.85. The van der Waals surface area contributed by atoms with Crippen molar-refractivity contribution in [2.45, 2.75) is 71.0 Å². The molecule has 3 rings (SSSR count). The molecule has 0 amide bonds. The Morgan fingerprint density at radius 2 is 1.50 bits per heavy atom. The molecule has 1 fully saturated rings. The van der Waals surface area contributed by atoms with Gasteiger partial charge >= 0.3 is 0 Å². The van der Waals surface area contributed by atoms with Gasteiger partial charge in [-0.2, -0.15) is 0 Å². The number of hydrogen-bond acceptors (Lipinski definition) is 3. The second-order valence-electron chi connectivity index (χ2n) is 8.85. The monoisotopic (exact) mass is 436 g/mol. The minimum Gasteiger partial charge on any atom is -0.494 e. The maximum Gasteiger partial charge on any atom is 0.183 e. The van der Waals surface area contributed by atoms with Gasteiger partial charge in [0, 0.05) is 11.5 Å². The molecule has 1 aliphatic heterocycles. The quantitative estimate of drug-likeness (QED) is 0.221. The lowest BCUT2D eigenvalue weighted by molar-refractivity contribution is -0.206. The van der Waals surface area contributed by atoms with Crippen LogP contribution in [-0.2, 0) is 9.47 Å². The maximum atomic E-state index is 6.02. The highest BCUT2D eigenvalue weighted by Gasteiger charge is 2.23. The summed E-state index contributed by atoms with van der Waals surface area (Å²) in [4.78, 5) is 0. The fraction of sp³-hybridized carbons (Fsp3) is 0.517. The third kappa shape index (κ3) is 8.11. The van der Waals surface area contributed by atoms with E-state index in [2.05, 4.69) is 62.0 Å². The molecule has 0 N–H and O–H groups in total. The summed E-state index contributed by atoms with van der Waals surface area (Å²) in [6.07, 6.45) is 12.7. The molecule has 0 aromatic heterocycles. The molecule has 0 atom stereocenters. The van der Waals surface area contributed by atoms with Crippen LogP contribution in [0.5, 0.6) is 5.75 Å². The van der Waals surface area contributed by atoms with Crippen LogP contribution in [0.2, 0.25) is 0 Å². The molecule has 0 bridgehead atoms. The van der Waals surface area contributed by atoms with E-state index in [4.69, 9.17) is 14.2 Å². The van der Waals surface area contributed by atoms with Crippen molar-refractivity contribution in [1.82, 2.24) is 0 Å². The van der Waals surface area contributed by atoms with Crippen molar-refractivity contribution in [3.8, 4) is 16.9 Å². The third-order valence-corrected chi connectivity index (χ3v) is 6.12.